The minimum atomic E-state index is -0.0525. The highest BCUT2D eigenvalue weighted by molar-refractivity contribution is 5.93. The van der Waals surface area contributed by atoms with Crippen molar-refractivity contribution in [1.29, 1.82) is 0 Å². The van der Waals surface area contributed by atoms with Crippen LogP contribution in [0.25, 0.3) is 0 Å². The molecule has 1 aromatic heterocycles. The number of oxime groups is 1. The standard InChI is InChI=1S/C10H18N6O/c11-9(14-17)10-12-8-16(13-10)7-3-6-15-4-1-2-5-15/h8,17H,1-7H2,(H2,11,14). The molecule has 1 saturated heterocycles. The Balaban J connectivity index is 1.77. The summed E-state index contributed by atoms with van der Waals surface area (Å²) in [6.07, 6.45) is 5.28. The summed E-state index contributed by atoms with van der Waals surface area (Å²) in [5.41, 5.74) is 5.39. The Morgan fingerprint density at radius 2 is 2.18 bits per heavy atom. The van der Waals surface area contributed by atoms with Gasteiger partial charge >= 0.3 is 0 Å². The quantitative estimate of drug-likeness (QED) is 0.322. The first-order chi connectivity index (χ1) is 8.29. The maximum atomic E-state index is 8.48. The van der Waals surface area contributed by atoms with E-state index in [0.29, 0.717) is 0 Å². The van der Waals surface area contributed by atoms with Crippen LogP contribution in [0.15, 0.2) is 11.5 Å². The van der Waals surface area contributed by atoms with E-state index in [9.17, 15) is 0 Å². The van der Waals surface area contributed by atoms with Crippen molar-refractivity contribution in [2.24, 2.45) is 10.9 Å². The van der Waals surface area contributed by atoms with Crippen LogP contribution in [-0.4, -0.2) is 50.3 Å². The molecule has 1 fully saturated rings. The summed E-state index contributed by atoms with van der Waals surface area (Å²) in [7, 11) is 0. The number of aromatic nitrogens is 3. The zero-order valence-corrected chi connectivity index (χ0v) is 9.79. The number of nitrogens with zero attached hydrogens (tertiary/aromatic N) is 5. The van der Waals surface area contributed by atoms with Gasteiger partial charge in [-0.25, -0.2) is 4.98 Å². The molecule has 0 saturated carbocycles. The lowest BCUT2D eigenvalue weighted by Gasteiger charge is -2.13. The van der Waals surface area contributed by atoms with Gasteiger partial charge in [0.1, 0.15) is 6.33 Å². The minimum absolute atomic E-state index is 0.0525. The summed E-state index contributed by atoms with van der Waals surface area (Å²) < 4.78 is 1.73. The Kier molecular flexibility index (Phi) is 3.92. The molecule has 0 bridgehead atoms. The van der Waals surface area contributed by atoms with Gasteiger partial charge in [0.05, 0.1) is 0 Å². The second-order valence-corrected chi connectivity index (χ2v) is 4.22. The van der Waals surface area contributed by atoms with Gasteiger partial charge in [-0.1, -0.05) is 5.16 Å². The number of likely N-dealkylation sites (tertiary alicyclic amines) is 1. The maximum absolute atomic E-state index is 8.48. The minimum Gasteiger partial charge on any atom is -0.409 e. The largest absolute Gasteiger partial charge is 0.409 e. The summed E-state index contributed by atoms with van der Waals surface area (Å²) in [5.74, 6) is 0.219. The van der Waals surface area contributed by atoms with Crippen molar-refractivity contribution < 1.29 is 5.21 Å². The predicted octanol–water partition coefficient (Wildman–Crippen LogP) is -0.142. The number of hydrogen-bond acceptors (Lipinski definition) is 5. The molecule has 0 amide bonds. The van der Waals surface area contributed by atoms with Crippen LogP contribution in [0.5, 0.6) is 0 Å². The number of amidine groups is 1. The van der Waals surface area contributed by atoms with Crippen molar-refractivity contribution in [3.63, 3.8) is 0 Å². The number of aryl methyl sites for hydroxylation is 1. The second kappa shape index (κ2) is 5.62. The first kappa shape index (κ1) is 11.8. The molecule has 2 heterocycles. The van der Waals surface area contributed by atoms with Crippen molar-refractivity contribution in [3.05, 3.63) is 12.2 Å². The molecule has 0 spiro atoms. The molecular weight excluding hydrogens is 220 g/mol. The highest BCUT2D eigenvalue weighted by atomic mass is 16.4. The third-order valence-corrected chi connectivity index (χ3v) is 2.93. The van der Waals surface area contributed by atoms with Crippen LogP contribution < -0.4 is 5.73 Å². The fraction of sp³-hybridized carbons (Fsp3) is 0.700. The molecule has 7 nitrogen and oxygen atoms in total. The predicted molar refractivity (Wildman–Crippen MR) is 62.8 cm³/mol. The molecule has 0 aliphatic carbocycles. The monoisotopic (exact) mass is 238 g/mol. The number of rotatable bonds is 5. The third-order valence-electron chi connectivity index (χ3n) is 2.93. The Hall–Kier alpha value is -1.63. The van der Waals surface area contributed by atoms with Crippen LogP contribution in [0.2, 0.25) is 0 Å². The van der Waals surface area contributed by atoms with Crippen molar-refractivity contribution in [2.75, 3.05) is 19.6 Å². The van der Waals surface area contributed by atoms with Gasteiger partial charge in [-0.3, -0.25) is 4.68 Å². The van der Waals surface area contributed by atoms with Crippen LogP contribution in [0.3, 0.4) is 0 Å². The van der Waals surface area contributed by atoms with E-state index in [1.54, 1.807) is 11.0 Å². The number of hydrogen-bond donors (Lipinski definition) is 2. The van der Waals surface area contributed by atoms with Crippen molar-refractivity contribution in [2.45, 2.75) is 25.8 Å². The van der Waals surface area contributed by atoms with Gasteiger partial charge in [0.2, 0.25) is 11.7 Å². The Labute approximate surface area is 99.9 Å². The van der Waals surface area contributed by atoms with Crippen LogP contribution in [0.4, 0.5) is 0 Å². The van der Waals surface area contributed by atoms with Crippen LogP contribution >= 0.6 is 0 Å². The molecule has 1 aliphatic heterocycles. The third kappa shape index (κ3) is 3.16. The van der Waals surface area contributed by atoms with E-state index in [0.717, 1.165) is 19.5 Å². The molecule has 1 aromatic rings. The van der Waals surface area contributed by atoms with E-state index >= 15 is 0 Å². The van der Waals surface area contributed by atoms with Gasteiger partial charge in [0, 0.05) is 6.54 Å². The highest BCUT2D eigenvalue weighted by Gasteiger charge is 2.11. The normalized spacial score (nSPS) is 17.8. The van der Waals surface area contributed by atoms with E-state index < -0.39 is 0 Å². The van der Waals surface area contributed by atoms with Gasteiger partial charge < -0.3 is 15.8 Å². The molecular formula is C10H18N6O. The molecule has 2 rings (SSSR count). The molecule has 3 N–H and O–H groups in total. The summed E-state index contributed by atoms with van der Waals surface area (Å²) in [4.78, 5) is 6.42. The second-order valence-electron chi connectivity index (χ2n) is 4.22. The fourth-order valence-electron chi connectivity index (χ4n) is 2.03. The van der Waals surface area contributed by atoms with Crippen LogP contribution in [-0.2, 0) is 6.54 Å². The van der Waals surface area contributed by atoms with Crippen LogP contribution in [0, 0.1) is 0 Å². The fourth-order valence-corrected chi connectivity index (χ4v) is 2.03. The average molecular weight is 238 g/mol. The molecule has 0 aromatic carbocycles. The van der Waals surface area contributed by atoms with Crippen molar-refractivity contribution in [1.82, 2.24) is 19.7 Å². The van der Waals surface area contributed by atoms with Gasteiger partial charge in [0.25, 0.3) is 0 Å². The van der Waals surface area contributed by atoms with E-state index in [2.05, 4.69) is 20.1 Å². The molecule has 0 atom stereocenters. The van der Waals surface area contributed by atoms with E-state index in [1.165, 1.54) is 25.9 Å². The zero-order valence-electron chi connectivity index (χ0n) is 9.79. The molecule has 7 heteroatoms. The lowest BCUT2D eigenvalue weighted by molar-refractivity contribution is 0.318. The van der Waals surface area contributed by atoms with Gasteiger partial charge in [-0.15, -0.1) is 5.10 Å². The lowest BCUT2D eigenvalue weighted by atomic mass is 10.4. The molecule has 94 valence electrons. The summed E-state index contributed by atoms with van der Waals surface area (Å²) in [5, 5.41) is 15.5. The van der Waals surface area contributed by atoms with Gasteiger partial charge in [-0.2, -0.15) is 0 Å². The Morgan fingerprint density at radius 1 is 1.41 bits per heavy atom. The lowest BCUT2D eigenvalue weighted by Crippen LogP contribution is -2.21. The Bertz CT molecular complexity index is 382. The van der Waals surface area contributed by atoms with E-state index in [1.807, 2.05) is 0 Å². The summed E-state index contributed by atoms with van der Waals surface area (Å²) in [6, 6.07) is 0. The molecule has 0 unspecified atom stereocenters. The molecule has 0 radical (unpaired) electrons. The zero-order chi connectivity index (χ0) is 12.1. The number of nitrogens with two attached hydrogens (primary N) is 1. The van der Waals surface area contributed by atoms with Crippen LogP contribution in [0.1, 0.15) is 25.1 Å². The summed E-state index contributed by atoms with van der Waals surface area (Å²) in [6.45, 7) is 4.33. The van der Waals surface area contributed by atoms with E-state index in [-0.39, 0.29) is 11.7 Å². The highest BCUT2D eigenvalue weighted by Crippen LogP contribution is 2.07. The Morgan fingerprint density at radius 3 is 2.88 bits per heavy atom. The smallest absolute Gasteiger partial charge is 0.219 e. The van der Waals surface area contributed by atoms with Crippen molar-refractivity contribution >= 4 is 5.84 Å². The van der Waals surface area contributed by atoms with Gasteiger partial charge in [0.15, 0.2) is 0 Å². The van der Waals surface area contributed by atoms with Crippen molar-refractivity contribution in [3.8, 4) is 0 Å². The maximum Gasteiger partial charge on any atom is 0.219 e. The van der Waals surface area contributed by atoms with E-state index in [4.69, 9.17) is 10.9 Å². The summed E-state index contributed by atoms with van der Waals surface area (Å²) >= 11 is 0. The topological polar surface area (TPSA) is 92.6 Å². The van der Waals surface area contributed by atoms with Gasteiger partial charge in [-0.05, 0) is 38.9 Å². The molecule has 17 heavy (non-hydrogen) atoms. The SMILES string of the molecule is NC(=NO)c1ncn(CCCN2CCCC2)n1. The first-order valence-electron chi connectivity index (χ1n) is 5.89. The first-order valence-corrected chi connectivity index (χ1v) is 5.89. The molecule has 1 aliphatic rings. The average Bonchev–Trinajstić information content (AvgIpc) is 2.99.